The van der Waals surface area contributed by atoms with E-state index in [1.165, 1.54) is 17.0 Å². The average molecular weight is 418 g/mol. The number of amides is 2. The Labute approximate surface area is 172 Å². The lowest BCUT2D eigenvalue weighted by atomic mass is 10.0. The molecule has 2 aromatic rings. The summed E-state index contributed by atoms with van der Waals surface area (Å²) in [4.78, 5) is 25.9. The topological polar surface area (TPSA) is 86.8 Å². The number of nitrogens with one attached hydrogen (secondary N) is 1. The SMILES string of the molecule is CC(C)c1ccc(NC(=O)CN(c2ccc(C(=O)N(C)C)cc2)S(C)(=O)=O)cc1. The van der Waals surface area contributed by atoms with Crippen molar-refractivity contribution in [2.45, 2.75) is 19.8 Å². The Morgan fingerprint density at radius 3 is 1.97 bits per heavy atom. The summed E-state index contributed by atoms with van der Waals surface area (Å²) >= 11 is 0. The predicted octanol–water partition coefficient (Wildman–Crippen LogP) is 2.92. The van der Waals surface area contributed by atoms with Crippen molar-refractivity contribution >= 4 is 33.2 Å². The van der Waals surface area contributed by atoms with Crippen molar-refractivity contribution in [1.29, 1.82) is 0 Å². The van der Waals surface area contributed by atoms with Crippen molar-refractivity contribution in [1.82, 2.24) is 4.90 Å². The van der Waals surface area contributed by atoms with Crippen molar-refractivity contribution in [3.8, 4) is 0 Å². The lowest BCUT2D eigenvalue weighted by Crippen LogP contribution is -2.37. The molecule has 0 spiro atoms. The molecule has 2 rings (SSSR count). The van der Waals surface area contributed by atoms with Gasteiger partial charge in [0.05, 0.1) is 11.9 Å². The Morgan fingerprint density at radius 2 is 1.52 bits per heavy atom. The third-order valence-electron chi connectivity index (χ3n) is 4.36. The van der Waals surface area contributed by atoms with Gasteiger partial charge >= 0.3 is 0 Å². The highest BCUT2D eigenvalue weighted by Gasteiger charge is 2.21. The summed E-state index contributed by atoms with van der Waals surface area (Å²) in [5.41, 5.74) is 2.49. The summed E-state index contributed by atoms with van der Waals surface area (Å²) in [7, 11) is -0.424. The molecule has 0 aliphatic rings. The van der Waals surface area contributed by atoms with Crippen molar-refractivity contribution in [2.24, 2.45) is 0 Å². The molecule has 0 aromatic heterocycles. The highest BCUT2D eigenvalue weighted by molar-refractivity contribution is 7.92. The molecule has 0 heterocycles. The molecule has 0 aliphatic carbocycles. The van der Waals surface area contributed by atoms with E-state index in [1.54, 1.807) is 38.4 Å². The van der Waals surface area contributed by atoms with E-state index in [0.29, 0.717) is 22.9 Å². The molecule has 1 N–H and O–H groups in total. The van der Waals surface area contributed by atoms with Crippen molar-refractivity contribution < 1.29 is 18.0 Å². The first-order valence-electron chi connectivity index (χ1n) is 9.18. The highest BCUT2D eigenvalue weighted by atomic mass is 32.2. The second-order valence-electron chi connectivity index (χ2n) is 7.34. The summed E-state index contributed by atoms with van der Waals surface area (Å²) in [6.07, 6.45) is 1.04. The van der Waals surface area contributed by atoms with Crippen LogP contribution in [-0.2, 0) is 14.8 Å². The van der Waals surface area contributed by atoms with Crippen LogP contribution in [0.3, 0.4) is 0 Å². The van der Waals surface area contributed by atoms with Gasteiger partial charge in [0.2, 0.25) is 15.9 Å². The lowest BCUT2D eigenvalue weighted by Gasteiger charge is -2.22. The Hall–Kier alpha value is -2.87. The van der Waals surface area contributed by atoms with E-state index < -0.39 is 15.9 Å². The number of carbonyl (C=O) groups excluding carboxylic acids is 2. The van der Waals surface area contributed by atoms with Crippen LogP contribution in [0.5, 0.6) is 0 Å². The molecule has 156 valence electrons. The van der Waals surface area contributed by atoms with Crippen molar-refractivity contribution in [2.75, 3.05) is 36.5 Å². The van der Waals surface area contributed by atoms with E-state index in [4.69, 9.17) is 0 Å². The molecule has 2 aromatic carbocycles. The van der Waals surface area contributed by atoms with Gasteiger partial charge < -0.3 is 10.2 Å². The monoisotopic (exact) mass is 417 g/mol. The Balaban J connectivity index is 2.16. The molecule has 0 saturated heterocycles. The molecule has 0 saturated carbocycles. The number of carbonyl (C=O) groups is 2. The molecule has 0 unspecified atom stereocenters. The zero-order valence-electron chi connectivity index (χ0n) is 17.3. The van der Waals surface area contributed by atoms with Crippen LogP contribution in [0.25, 0.3) is 0 Å². The summed E-state index contributed by atoms with van der Waals surface area (Å²) in [5, 5.41) is 2.72. The van der Waals surface area contributed by atoms with E-state index in [2.05, 4.69) is 19.2 Å². The maximum atomic E-state index is 12.4. The normalized spacial score (nSPS) is 11.2. The van der Waals surface area contributed by atoms with Crippen LogP contribution in [0.15, 0.2) is 48.5 Å². The fraction of sp³-hybridized carbons (Fsp3) is 0.333. The molecular weight excluding hydrogens is 390 g/mol. The fourth-order valence-corrected chi connectivity index (χ4v) is 3.57. The average Bonchev–Trinajstić information content (AvgIpc) is 2.65. The second kappa shape index (κ2) is 9.09. The van der Waals surface area contributed by atoms with Gasteiger partial charge in [-0.05, 0) is 47.9 Å². The molecule has 8 heteroatoms. The van der Waals surface area contributed by atoms with E-state index in [9.17, 15) is 18.0 Å². The van der Waals surface area contributed by atoms with Gasteiger partial charge in [-0.2, -0.15) is 0 Å². The van der Waals surface area contributed by atoms with Gasteiger partial charge in [-0.3, -0.25) is 13.9 Å². The molecule has 0 fully saturated rings. The Kier molecular flexibility index (Phi) is 7.02. The maximum Gasteiger partial charge on any atom is 0.253 e. The van der Waals surface area contributed by atoms with Crippen LogP contribution in [0.2, 0.25) is 0 Å². The van der Waals surface area contributed by atoms with Crippen LogP contribution in [0.4, 0.5) is 11.4 Å². The van der Waals surface area contributed by atoms with Gasteiger partial charge in [-0.15, -0.1) is 0 Å². The van der Waals surface area contributed by atoms with E-state index >= 15 is 0 Å². The first-order chi connectivity index (χ1) is 13.5. The molecule has 2 amide bonds. The first kappa shape index (κ1) is 22.4. The highest BCUT2D eigenvalue weighted by Crippen LogP contribution is 2.20. The second-order valence-corrected chi connectivity index (χ2v) is 9.25. The third-order valence-corrected chi connectivity index (χ3v) is 5.50. The number of rotatable bonds is 7. The third kappa shape index (κ3) is 6.05. The maximum absolute atomic E-state index is 12.4. The van der Waals surface area contributed by atoms with Gasteiger partial charge in [0.1, 0.15) is 6.54 Å². The molecule has 29 heavy (non-hydrogen) atoms. The minimum absolute atomic E-state index is 0.190. The molecule has 0 atom stereocenters. The number of hydrogen-bond acceptors (Lipinski definition) is 4. The largest absolute Gasteiger partial charge is 0.345 e. The van der Waals surface area contributed by atoms with Gasteiger partial charge in [0.25, 0.3) is 5.91 Å². The summed E-state index contributed by atoms with van der Waals surface area (Å²) in [6, 6.07) is 13.5. The van der Waals surface area contributed by atoms with Gasteiger partial charge in [-0.25, -0.2) is 8.42 Å². The predicted molar refractivity (Wildman–Crippen MR) is 116 cm³/mol. The first-order valence-corrected chi connectivity index (χ1v) is 11.0. The molecule has 7 nitrogen and oxygen atoms in total. The van der Waals surface area contributed by atoms with Crippen LogP contribution in [-0.4, -0.2) is 52.0 Å². The van der Waals surface area contributed by atoms with Crippen LogP contribution < -0.4 is 9.62 Å². The number of anilines is 2. The Bertz CT molecular complexity index is 966. The lowest BCUT2D eigenvalue weighted by molar-refractivity contribution is -0.114. The zero-order valence-corrected chi connectivity index (χ0v) is 18.2. The minimum Gasteiger partial charge on any atom is -0.345 e. The summed E-state index contributed by atoms with van der Waals surface area (Å²) < 4.78 is 25.5. The molecule has 0 bridgehead atoms. The molecule has 0 aliphatic heterocycles. The van der Waals surface area contributed by atoms with Gasteiger partial charge in [-0.1, -0.05) is 26.0 Å². The van der Waals surface area contributed by atoms with E-state index in [1.807, 2.05) is 12.1 Å². The summed E-state index contributed by atoms with van der Waals surface area (Å²) in [5.74, 6) is -0.269. The van der Waals surface area contributed by atoms with Crippen LogP contribution >= 0.6 is 0 Å². The van der Waals surface area contributed by atoms with Crippen molar-refractivity contribution in [3.05, 3.63) is 59.7 Å². The van der Waals surface area contributed by atoms with Gasteiger partial charge in [0, 0.05) is 25.3 Å². The quantitative estimate of drug-likeness (QED) is 0.750. The number of sulfonamides is 1. The number of nitrogens with zero attached hydrogens (tertiary/aromatic N) is 2. The standard InChI is InChI=1S/C21H27N3O4S/c1-15(2)16-6-10-18(11-7-16)22-20(25)14-24(29(5,27)28)19-12-8-17(9-13-19)21(26)23(3)4/h6-13,15H,14H2,1-5H3,(H,22,25). The minimum atomic E-state index is -3.70. The van der Waals surface area contributed by atoms with Crippen LogP contribution in [0, 0.1) is 0 Å². The zero-order chi connectivity index (χ0) is 21.8. The number of benzene rings is 2. The van der Waals surface area contributed by atoms with Gasteiger partial charge in [0.15, 0.2) is 0 Å². The molecular formula is C21H27N3O4S. The van der Waals surface area contributed by atoms with E-state index in [-0.39, 0.29) is 12.5 Å². The fourth-order valence-electron chi connectivity index (χ4n) is 2.71. The molecule has 0 radical (unpaired) electrons. The smallest absolute Gasteiger partial charge is 0.253 e. The van der Waals surface area contributed by atoms with E-state index in [0.717, 1.165) is 16.1 Å². The number of hydrogen-bond donors (Lipinski definition) is 1. The van der Waals surface area contributed by atoms with Crippen molar-refractivity contribution in [3.63, 3.8) is 0 Å². The summed E-state index contributed by atoms with van der Waals surface area (Å²) in [6.45, 7) is 3.79. The Morgan fingerprint density at radius 1 is 0.966 bits per heavy atom. The van der Waals surface area contributed by atoms with Crippen LogP contribution in [0.1, 0.15) is 35.7 Å².